The maximum atomic E-state index is 11.9. The van der Waals surface area contributed by atoms with E-state index in [0.717, 1.165) is 0 Å². The summed E-state index contributed by atoms with van der Waals surface area (Å²) >= 11 is 0. The van der Waals surface area contributed by atoms with E-state index in [-0.39, 0.29) is 11.9 Å². The van der Waals surface area contributed by atoms with E-state index in [1.807, 2.05) is 0 Å². The molecule has 0 aromatic carbocycles. The molecule has 1 aliphatic rings. The number of hydrogen-bond donors (Lipinski definition) is 3. The van der Waals surface area contributed by atoms with Crippen LogP contribution in [0.4, 0.5) is 0 Å². The number of nitrogens with zero attached hydrogens (tertiary/aromatic N) is 3. The van der Waals surface area contributed by atoms with Gasteiger partial charge < -0.3 is 15.3 Å². The van der Waals surface area contributed by atoms with Crippen molar-refractivity contribution in [3.63, 3.8) is 0 Å². The largest absolute Gasteiger partial charge is 0.392 e. The van der Waals surface area contributed by atoms with Crippen molar-refractivity contribution >= 4 is 5.91 Å². The van der Waals surface area contributed by atoms with Crippen molar-refractivity contribution in [1.82, 2.24) is 25.4 Å². The van der Waals surface area contributed by atoms with Gasteiger partial charge in [0.25, 0.3) is 0 Å². The highest BCUT2D eigenvalue weighted by molar-refractivity contribution is 5.82. The van der Waals surface area contributed by atoms with Crippen LogP contribution in [0.3, 0.4) is 0 Å². The highest BCUT2D eigenvalue weighted by Gasteiger charge is 2.30. The molecule has 3 N–H and O–H groups in total. The molecule has 16 heavy (non-hydrogen) atoms. The lowest BCUT2D eigenvalue weighted by Gasteiger charge is -2.19. The minimum atomic E-state index is -0.423. The van der Waals surface area contributed by atoms with Gasteiger partial charge in [-0.2, -0.15) is 5.10 Å². The zero-order valence-electron chi connectivity index (χ0n) is 9.05. The highest BCUT2D eigenvalue weighted by Crippen LogP contribution is 2.09. The average Bonchev–Trinajstić information content (AvgIpc) is 2.88. The molecule has 2 heterocycles. The van der Waals surface area contributed by atoms with Crippen molar-refractivity contribution in [3.05, 3.63) is 12.2 Å². The lowest BCUT2D eigenvalue weighted by molar-refractivity contribution is -0.132. The van der Waals surface area contributed by atoms with E-state index < -0.39 is 6.10 Å². The first-order valence-electron chi connectivity index (χ1n) is 5.17. The fraction of sp³-hybridized carbons (Fsp3) is 0.667. The molecule has 0 aliphatic carbocycles. The fourth-order valence-electron chi connectivity index (χ4n) is 1.78. The molecule has 1 aromatic rings. The Morgan fingerprint density at radius 3 is 3.12 bits per heavy atom. The van der Waals surface area contributed by atoms with Crippen molar-refractivity contribution in [1.29, 1.82) is 0 Å². The van der Waals surface area contributed by atoms with Gasteiger partial charge in [0.1, 0.15) is 12.2 Å². The van der Waals surface area contributed by atoms with Crippen LogP contribution in [-0.4, -0.2) is 56.8 Å². The fourth-order valence-corrected chi connectivity index (χ4v) is 1.78. The van der Waals surface area contributed by atoms with Gasteiger partial charge in [0.2, 0.25) is 5.91 Å². The van der Waals surface area contributed by atoms with Gasteiger partial charge in [0, 0.05) is 13.6 Å². The average molecular weight is 225 g/mol. The molecule has 1 fully saturated rings. The third kappa shape index (κ3) is 2.37. The summed E-state index contributed by atoms with van der Waals surface area (Å²) < 4.78 is 0. The van der Waals surface area contributed by atoms with Crippen molar-refractivity contribution in [2.75, 3.05) is 13.6 Å². The molecule has 1 saturated heterocycles. The van der Waals surface area contributed by atoms with Crippen LogP contribution in [0.25, 0.3) is 0 Å². The van der Waals surface area contributed by atoms with Crippen molar-refractivity contribution in [2.24, 2.45) is 0 Å². The number of aromatic amines is 1. The van der Waals surface area contributed by atoms with Crippen molar-refractivity contribution in [3.8, 4) is 0 Å². The summed E-state index contributed by atoms with van der Waals surface area (Å²) in [5.41, 5.74) is 0. The number of aliphatic hydroxyl groups is 1. The second-order valence-electron chi connectivity index (χ2n) is 3.98. The third-order valence-corrected chi connectivity index (χ3v) is 2.63. The summed E-state index contributed by atoms with van der Waals surface area (Å²) in [6.07, 6.45) is 1.46. The lowest BCUT2D eigenvalue weighted by Crippen LogP contribution is -2.41. The van der Waals surface area contributed by atoms with E-state index >= 15 is 0 Å². The number of hydrogen-bond acceptors (Lipinski definition) is 5. The molecule has 1 amide bonds. The number of carbonyl (C=O) groups is 1. The quantitative estimate of drug-likeness (QED) is 0.581. The topological polar surface area (TPSA) is 94.1 Å². The Balaban J connectivity index is 1.89. The molecule has 1 aliphatic heterocycles. The molecule has 88 valence electrons. The molecule has 2 rings (SSSR count). The molecule has 0 bridgehead atoms. The van der Waals surface area contributed by atoms with Crippen LogP contribution in [0.1, 0.15) is 12.2 Å². The van der Waals surface area contributed by atoms with E-state index in [9.17, 15) is 9.90 Å². The number of aliphatic hydroxyl groups excluding tert-OH is 1. The molecule has 2 atom stereocenters. The predicted octanol–water partition coefficient (Wildman–Crippen LogP) is -1.51. The number of aromatic nitrogens is 3. The van der Waals surface area contributed by atoms with Gasteiger partial charge >= 0.3 is 0 Å². The summed E-state index contributed by atoms with van der Waals surface area (Å²) in [4.78, 5) is 17.4. The van der Waals surface area contributed by atoms with Crippen LogP contribution in [0, 0.1) is 0 Å². The molecule has 0 radical (unpaired) electrons. The van der Waals surface area contributed by atoms with Crippen LogP contribution >= 0.6 is 0 Å². The highest BCUT2D eigenvalue weighted by atomic mass is 16.3. The Bertz CT molecular complexity index is 353. The number of amides is 1. The SMILES string of the molecule is CN(Cc1ncn[nH]1)C(=O)C1CC(O)CN1. The molecular weight excluding hydrogens is 210 g/mol. The summed E-state index contributed by atoms with van der Waals surface area (Å²) in [7, 11) is 1.71. The summed E-state index contributed by atoms with van der Waals surface area (Å²) in [5.74, 6) is 0.613. The first kappa shape index (κ1) is 11.0. The van der Waals surface area contributed by atoms with E-state index in [0.29, 0.717) is 25.3 Å². The molecule has 7 nitrogen and oxygen atoms in total. The van der Waals surface area contributed by atoms with Gasteiger partial charge in [-0.15, -0.1) is 0 Å². The summed E-state index contributed by atoms with van der Waals surface area (Å²) in [6.45, 7) is 0.875. The molecule has 7 heteroatoms. The van der Waals surface area contributed by atoms with E-state index in [1.165, 1.54) is 6.33 Å². The molecular formula is C9H15N5O2. The van der Waals surface area contributed by atoms with Gasteiger partial charge in [0.05, 0.1) is 18.7 Å². The second kappa shape index (κ2) is 4.58. The maximum Gasteiger partial charge on any atom is 0.239 e. The maximum absolute atomic E-state index is 11.9. The van der Waals surface area contributed by atoms with Gasteiger partial charge in [-0.25, -0.2) is 4.98 Å². The minimum absolute atomic E-state index is 0.0343. The Morgan fingerprint density at radius 1 is 1.75 bits per heavy atom. The van der Waals surface area contributed by atoms with Crippen molar-refractivity contribution in [2.45, 2.75) is 25.1 Å². The zero-order chi connectivity index (χ0) is 11.5. The van der Waals surface area contributed by atoms with Gasteiger partial charge in [-0.05, 0) is 6.42 Å². The van der Waals surface area contributed by atoms with Crippen LogP contribution in [0.15, 0.2) is 6.33 Å². The first-order valence-corrected chi connectivity index (χ1v) is 5.17. The summed E-state index contributed by atoms with van der Waals surface area (Å²) in [5, 5.41) is 18.7. The van der Waals surface area contributed by atoms with Crippen LogP contribution in [0.5, 0.6) is 0 Å². The molecule has 0 spiro atoms. The minimum Gasteiger partial charge on any atom is -0.392 e. The number of likely N-dealkylation sites (N-methyl/N-ethyl adjacent to an activating group) is 1. The second-order valence-corrected chi connectivity index (χ2v) is 3.98. The molecule has 2 unspecified atom stereocenters. The van der Waals surface area contributed by atoms with E-state index in [4.69, 9.17) is 0 Å². The Kier molecular flexibility index (Phi) is 3.16. The number of H-pyrrole nitrogens is 1. The Hall–Kier alpha value is -1.47. The van der Waals surface area contributed by atoms with Gasteiger partial charge in [-0.3, -0.25) is 9.89 Å². The summed E-state index contributed by atoms with van der Waals surface area (Å²) in [6, 6.07) is -0.289. The number of carbonyl (C=O) groups excluding carboxylic acids is 1. The number of β-amino-alcohol motifs (C(OH)–C–C–N with tert-alkyl or cyclic N) is 1. The monoisotopic (exact) mass is 225 g/mol. The molecule has 1 aromatic heterocycles. The lowest BCUT2D eigenvalue weighted by atomic mass is 10.2. The standard InChI is InChI=1S/C9H15N5O2/c1-14(4-8-11-5-12-13-8)9(16)7-2-6(15)3-10-7/h5-7,10,15H,2-4H2,1H3,(H,11,12,13). The molecule has 0 saturated carbocycles. The normalized spacial score (nSPS) is 24.6. The predicted molar refractivity (Wildman–Crippen MR) is 55.3 cm³/mol. The number of rotatable bonds is 3. The van der Waals surface area contributed by atoms with Gasteiger partial charge in [-0.1, -0.05) is 0 Å². The smallest absolute Gasteiger partial charge is 0.239 e. The van der Waals surface area contributed by atoms with Crippen LogP contribution in [-0.2, 0) is 11.3 Å². The first-order chi connectivity index (χ1) is 7.66. The van der Waals surface area contributed by atoms with Crippen LogP contribution < -0.4 is 5.32 Å². The van der Waals surface area contributed by atoms with E-state index in [2.05, 4.69) is 20.5 Å². The van der Waals surface area contributed by atoms with Crippen molar-refractivity contribution < 1.29 is 9.90 Å². The van der Waals surface area contributed by atoms with E-state index in [1.54, 1.807) is 11.9 Å². The Morgan fingerprint density at radius 2 is 2.56 bits per heavy atom. The van der Waals surface area contributed by atoms with Gasteiger partial charge in [0.15, 0.2) is 0 Å². The third-order valence-electron chi connectivity index (χ3n) is 2.63. The Labute approximate surface area is 92.9 Å². The zero-order valence-corrected chi connectivity index (χ0v) is 9.05. The number of nitrogens with one attached hydrogen (secondary N) is 2. The van der Waals surface area contributed by atoms with Crippen LogP contribution in [0.2, 0.25) is 0 Å².